The number of thiophene rings is 1. The van der Waals surface area contributed by atoms with E-state index in [1.165, 1.54) is 0 Å². The van der Waals surface area contributed by atoms with Crippen molar-refractivity contribution in [3.8, 4) is 0 Å². The molecule has 1 fully saturated rings. The van der Waals surface area contributed by atoms with Gasteiger partial charge in [0.15, 0.2) is 0 Å². The first kappa shape index (κ1) is 9.46. The lowest BCUT2D eigenvalue weighted by Gasteiger charge is -2.44. The molecule has 3 N–H and O–H groups in total. The first-order valence-electron chi connectivity index (χ1n) is 4.29. The molecule has 0 aliphatic heterocycles. The third kappa shape index (κ3) is 1.40. The van der Waals surface area contributed by atoms with Gasteiger partial charge in [0.1, 0.15) is 0 Å². The van der Waals surface area contributed by atoms with E-state index in [1.807, 2.05) is 11.4 Å². The molecule has 2 rings (SSSR count). The van der Waals surface area contributed by atoms with Crippen LogP contribution in [0.4, 0.5) is 0 Å². The largest absolute Gasteiger partial charge is 0.393 e. The SMILES string of the molecule is NCC1(c2sccc2Cl)CC(O)C1. The predicted molar refractivity (Wildman–Crippen MR) is 55.3 cm³/mol. The van der Waals surface area contributed by atoms with Gasteiger partial charge in [0.2, 0.25) is 0 Å². The highest BCUT2D eigenvalue weighted by Gasteiger charge is 2.45. The van der Waals surface area contributed by atoms with Crippen LogP contribution in [-0.2, 0) is 5.41 Å². The van der Waals surface area contributed by atoms with Gasteiger partial charge < -0.3 is 10.8 Å². The van der Waals surface area contributed by atoms with Gasteiger partial charge in [-0.1, -0.05) is 11.6 Å². The van der Waals surface area contributed by atoms with Gasteiger partial charge in [0.25, 0.3) is 0 Å². The van der Waals surface area contributed by atoms with Crippen molar-refractivity contribution in [3.63, 3.8) is 0 Å². The highest BCUT2D eigenvalue weighted by molar-refractivity contribution is 7.10. The number of nitrogens with two attached hydrogens (primary N) is 1. The Hall–Kier alpha value is -0.0900. The maximum atomic E-state index is 9.31. The van der Waals surface area contributed by atoms with Crippen LogP contribution in [0.2, 0.25) is 5.02 Å². The molecule has 0 saturated heterocycles. The lowest BCUT2D eigenvalue weighted by Crippen LogP contribution is -2.49. The molecule has 0 aromatic carbocycles. The molecule has 1 aromatic heterocycles. The molecule has 4 heteroatoms. The Morgan fingerprint density at radius 3 is 2.77 bits per heavy atom. The van der Waals surface area contributed by atoms with Crippen molar-refractivity contribution in [2.24, 2.45) is 5.73 Å². The topological polar surface area (TPSA) is 46.2 Å². The zero-order valence-corrected chi connectivity index (χ0v) is 8.74. The molecule has 0 bridgehead atoms. The fourth-order valence-electron chi connectivity index (χ4n) is 1.96. The van der Waals surface area contributed by atoms with Crippen LogP contribution in [-0.4, -0.2) is 17.8 Å². The van der Waals surface area contributed by atoms with E-state index in [0.717, 1.165) is 22.7 Å². The second-order valence-electron chi connectivity index (χ2n) is 3.64. The molecule has 0 unspecified atom stereocenters. The van der Waals surface area contributed by atoms with Gasteiger partial charge in [-0.2, -0.15) is 0 Å². The summed E-state index contributed by atoms with van der Waals surface area (Å²) in [6.45, 7) is 0.574. The van der Waals surface area contributed by atoms with Crippen LogP contribution in [0.15, 0.2) is 11.4 Å². The highest BCUT2D eigenvalue weighted by Crippen LogP contribution is 2.47. The molecule has 1 aliphatic rings. The van der Waals surface area contributed by atoms with Crippen LogP contribution in [0.25, 0.3) is 0 Å². The second kappa shape index (κ2) is 3.24. The van der Waals surface area contributed by atoms with E-state index in [9.17, 15) is 5.11 Å². The van der Waals surface area contributed by atoms with Crippen LogP contribution in [0.5, 0.6) is 0 Å². The Kier molecular flexibility index (Phi) is 2.36. The Labute approximate surface area is 86.3 Å². The fourth-order valence-corrected chi connectivity index (χ4v) is 3.45. The summed E-state index contributed by atoms with van der Waals surface area (Å²) in [5.41, 5.74) is 5.69. The van der Waals surface area contributed by atoms with Crippen molar-refractivity contribution in [2.75, 3.05) is 6.54 Å². The molecule has 0 amide bonds. The van der Waals surface area contributed by atoms with E-state index < -0.39 is 0 Å². The van der Waals surface area contributed by atoms with E-state index in [0.29, 0.717) is 6.54 Å². The normalized spacial score (nSPS) is 33.0. The maximum Gasteiger partial charge on any atom is 0.0558 e. The van der Waals surface area contributed by atoms with Crippen LogP contribution in [0, 0.1) is 0 Å². The molecule has 2 nitrogen and oxygen atoms in total. The Bertz CT molecular complexity index is 306. The fraction of sp³-hybridized carbons (Fsp3) is 0.556. The van der Waals surface area contributed by atoms with Crippen LogP contribution >= 0.6 is 22.9 Å². The zero-order chi connectivity index (χ0) is 9.47. The van der Waals surface area contributed by atoms with Gasteiger partial charge in [-0.15, -0.1) is 11.3 Å². The molecule has 1 aromatic rings. The van der Waals surface area contributed by atoms with Gasteiger partial charge in [-0.05, 0) is 24.3 Å². The molecule has 0 atom stereocenters. The second-order valence-corrected chi connectivity index (χ2v) is 4.97. The van der Waals surface area contributed by atoms with Crippen molar-refractivity contribution in [3.05, 3.63) is 21.3 Å². The minimum absolute atomic E-state index is 0.0370. The summed E-state index contributed by atoms with van der Waals surface area (Å²) in [6, 6.07) is 1.89. The first-order valence-corrected chi connectivity index (χ1v) is 5.55. The van der Waals surface area contributed by atoms with Crippen molar-refractivity contribution in [1.29, 1.82) is 0 Å². The summed E-state index contributed by atoms with van der Waals surface area (Å²) in [4.78, 5) is 1.14. The lowest BCUT2D eigenvalue weighted by molar-refractivity contribution is 0.0240. The maximum absolute atomic E-state index is 9.31. The average Bonchev–Trinajstić information content (AvgIpc) is 2.46. The van der Waals surface area contributed by atoms with E-state index >= 15 is 0 Å². The number of hydrogen-bond acceptors (Lipinski definition) is 3. The van der Waals surface area contributed by atoms with E-state index in [1.54, 1.807) is 11.3 Å². The summed E-state index contributed by atoms with van der Waals surface area (Å²) in [7, 11) is 0. The summed E-state index contributed by atoms with van der Waals surface area (Å²) in [6.07, 6.45) is 1.31. The summed E-state index contributed by atoms with van der Waals surface area (Å²) < 4.78 is 0. The van der Waals surface area contributed by atoms with E-state index in [2.05, 4.69) is 0 Å². The van der Waals surface area contributed by atoms with Crippen LogP contribution in [0.3, 0.4) is 0 Å². The Morgan fingerprint density at radius 1 is 1.69 bits per heavy atom. The average molecular weight is 218 g/mol. The van der Waals surface area contributed by atoms with Gasteiger partial charge in [-0.25, -0.2) is 0 Å². The first-order chi connectivity index (χ1) is 6.18. The minimum atomic E-state index is -0.193. The van der Waals surface area contributed by atoms with Gasteiger partial charge in [0.05, 0.1) is 11.1 Å². The zero-order valence-electron chi connectivity index (χ0n) is 7.16. The van der Waals surface area contributed by atoms with Crippen molar-refractivity contribution >= 4 is 22.9 Å². The Balaban J connectivity index is 2.28. The van der Waals surface area contributed by atoms with Crippen LogP contribution < -0.4 is 5.73 Å². The van der Waals surface area contributed by atoms with Gasteiger partial charge in [0, 0.05) is 16.8 Å². The molecule has 1 aliphatic carbocycles. The van der Waals surface area contributed by atoms with E-state index in [-0.39, 0.29) is 11.5 Å². The number of hydrogen-bond donors (Lipinski definition) is 2. The third-order valence-electron chi connectivity index (χ3n) is 2.74. The summed E-state index contributed by atoms with van der Waals surface area (Å²) >= 11 is 7.67. The molecule has 1 heterocycles. The number of aliphatic hydroxyl groups is 1. The quantitative estimate of drug-likeness (QED) is 0.793. The van der Waals surface area contributed by atoms with Crippen molar-refractivity contribution < 1.29 is 5.11 Å². The molecule has 0 spiro atoms. The van der Waals surface area contributed by atoms with Gasteiger partial charge >= 0.3 is 0 Å². The molecular formula is C9H12ClNOS. The molecule has 1 saturated carbocycles. The number of aliphatic hydroxyl groups excluding tert-OH is 1. The molecular weight excluding hydrogens is 206 g/mol. The van der Waals surface area contributed by atoms with Crippen LogP contribution in [0.1, 0.15) is 17.7 Å². The molecule has 0 radical (unpaired) electrons. The number of rotatable bonds is 2. The van der Waals surface area contributed by atoms with Crippen molar-refractivity contribution in [1.82, 2.24) is 0 Å². The summed E-state index contributed by atoms with van der Waals surface area (Å²) in [5.74, 6) is 0. The highest BCUT2D eigenvalue weighted by atomic mass is 35.5. The standard InChI is InChI=1S/C9H12ClNOS/c10-7-1-2-13-8(7)9(5-11)3-6(12)4-9/h1-2,6,12H,3-5,11H2. The third-order valence-corrected chi connectivity index (χ3v) is 4.33. The monoisotopic (exact) mass is 217 g/mol. The molecule has 13 heavy (non-hydrogen) atoms. The van der Waals surface area contributed by atoms with Gasteiger partial charge in [-0.3, -0.25) is 0 Å². The lowest BCUT2D eigenvalue weighted by atomic mass is 9.66. The Morgan fingerprint density at radius 2 is 2.38 bits per heavy atom. The minimum Gasteiger partial charge on any atom is -0.393 e. The van der Waals surface area contributed by atoms with Crippen molar-refractivity contribution in [2.45, 2.75) is 24.4 Å². The summed E-state index contributed by atoms with van der Waals surface area (Å²) in [5, 5.41) is 12.1. The number of halogens is 1. The van der Waals surface area contributed by atoms with E-state index in [4.69, 9.17) is 17.3 Å². The predicted octanol–water partition coefficient (Wildman–Crippen LogP) is 1.75. The smallest absolute Gasteiger partial charge is 0.0558 e. The molecule has 72 valence electrons.